The highest BCUT2D eigenvalue weighted by Gasteiger charge is 2.13. The van der Waals surface area contributed by atoms with Crippen molar-refractivity contribution in [2.75, 3.05) is 0 Å². The van der Waals surface area contributed by atoms with Gasteiger partial charge in [-0.05, 0) is 35.4 Å². The molecular weight excluding hydrogens is 290 g/mol. The maximum Gasteiger partial charge on any atom is 0.131 e. The number of hydrogen-bond acceptors (Lipinski definition) is 0. The number of rotatable bonds is 2. The van der Waals surface area contributed by atoms with E-state index in [9.17, 15) is 8.78 Å². The van der Waals surface area contributed by atoms with Crippen LogP contribution in [-0.2, 0) is 0 Å². The lowest BCUT2D eigenvalue weighted by molar-refractivity contribution is 0.628. The summed E-state index contributed by atoms with van der Waals surface area (Å²) in [6.07, 6.45) is 0. The Kier molecular flexibility index (Phi) is 3.72. The first-order valence-electron chi connectivity index (χ1n) is 6.46. The molecule has 104 valence electrons. The van der Waals surface area contributed by atoms with Crippen molar-refractivity contribution in [1.82, 2.24) is 0 Å². The number of halogens is 3. The van der Waals surface area contributed by atoms with Crippen LogP contribution in [0, 0.1) is 11.6 Å². The lowest BCUT2D eigenvalue weighted by Gasteiger charge is -2.13. The maximum absolute atomic E-state index is 14.1. The molecule has 0 N–H and O–H groups in total. The van der Waals surface area contributed by atoms with Gasteiger partial charge in [-0.25, -0.2) is 8.78 Å². The van der Waals surface area contributed by atoms with Gasteiger partial charge in [0.25, 0.3) is 0 Å². The van der Waals surface area contributed by atoms with Crippen molar-refractivity contribution in [3.63, 3.8) is 0 Å². The van der Waals surface area contributed by atoms with Gasteiger partial charge in [-0.2, -0.15) is 0 Å². The second kappa shape index (κ2) is 5.66. The molecule has 0 aliphatic rings. The molecule has 0 aliphatic heterocycles. The normalized spacial score (nSPS) is 10.6. The second-order valence-electron chi connectivity index (χ2n) is 4.65. The van der Waals surface area contributed by atoms with E-state index >= 15 is 0 Å². The Morgan fingerprint density at radius 1 is 0.667 bits per heavy atom. The predicted molar refractivity (Wildman–Crippen MR) is 82.2 cm³/mol. The molecule has 0 radical (unpaired) electrons. The van der Waals surface area contributed by atoms with Crippen LogP contribution in [0.3, 0.4) is 0 Å². The maximum atomic E-state index is 14.1. The molecule has 0 saturated carbocycles. The summed E-state index contributed by atoms with van der Waals surface area (Å²) in [6, 6.07) is 17.9. The molecule has 0 heterocycles. The summed E-state index contributed by atoms with van der Waals surface area (Å²) in [5, 5.41) is 0.502. The van der Waals surface area contributed by atoms with Gasteiger partial charge in [0, 0.05) is 16.1 Å². The smallest absolute Gasteiger partial charge is 0.131 e. The Balaban J connectivity index is 2.26. The summed E-state index contributed by atoms with van der Waals surface area (Å²) in [5.41, 5.74) is 2.61. The Labute approximate surface area is 126 Å². The van der Waals surface area contributed by atoms with Gasteiger partial charge >= 0.3 is 0 Å². The van der Waals surface area contributed by atoms with Crippen LogP contribution in [0.2, 0.25) is 5.02 Å². The molecule has 21 heavy (non-hydrogen) atoms. The molecule has 0 nitrogen and oxygen atoms in total. The summed E-state index contributed by atoms with van der Waals surface area (Å²) in [5.74, 6) is -0.638. The van der Waals surface area contributed by atoms with Gasteiger partial charge in [0.2, 0.25) is 0 Å². The Hall–Kier alpha value is -2.19. The summed E-state index contributed by atoms with van der Waals surface area (Å²) in [4.78, 5) is 0. The van der Waals surface area contributed by atoms with Crippen LogP contribution in [0.1, 0.15) is 0 Å². The Morgan fingerprint density at radius 3 is 2.05 bits per heavy atom. The minimum absolute atomic E-state index is 0.317. The van der Waals surface area contributed by atoms with Crippen LogP contribution >= 0.6 is 11.6 Å². The molecule has 0 fully saturated rings. The van der Waals surface area contributed by atoms with Crippen molar-refractivity contribution in [2.24, 2.45) is 0 Å². The quantitative estimate of drug-likeness (QED) is 0.548. The largest absolute Gasteiger partial charge is 0.207 e. The van der Waals surface area contributed by atoms with E-state index < -0.39 is 0 Å². The summed E-state index contributed by atoms with van der Waals surface area (Å²) >= 11 is 6.29. The van der Waals surface area contributed by atoms with E-state index in [4.69, 9.17) is 11.6 Å². The average Bonchev–Trinajstić information content (AvgIpc) is 2.49. The van der Waals surface area contributed by atoms with E-state index in [1.54, 1.807) is 42.5 Å². The van der Waals surface area contributed by atoms with Gasteiger partial charge < -0.3 is 0 Å². The standard InChI is InChI=1S/C18H11ClF2/c19-16-6-3-5-15(14-4-1-2-7-17(14)21)18(16)12-8-10-13(20)11-9-12/h1-11H. The van der Waals surface area contributed by atoms with Gasteiger partial charge in [0.15, 0.2) is 0 Å². The highest BCUT2D eigenvalue weighted by atomic mass is 35.5. The van der Waals surface area contributed by atoms with Crippen LogP contribution in [0.15, 0.2) is 66.7 Å². The second-order valence-corrected chi connectivity index (χ2v) is 5.06. The predicted octanol–water partition coefficient (Wildman–Crippen LogP) is 5.95. The van der Waals surface area contributed by atoms with Crippen LogP contribution < -0.4 is 0 Å². The Morgan fingerprint density at radius 2 is 1.33 bits per heavy atom. The molecule has 0 aromatic heterocycles. The highest BCUT2D eigenvalue weighted by Crippen LogP contribution is 2.38. The molecule has 3 heteroatoms. The van der Waals surface area contributed by atoms with E-state index in [-0.39, 0.29) is 11.6 Å². The van der Waals surface area contributed by atoms with Crippen LogP contribution in [0.5, 0.6) is 0 Å². The zero-order chi connectivity index (χ0) is 14.8. The van der Waals surface area contributed by atoms with E-state index in [1.165, 1.54) is 18.2 Å². The number of hydrogen-bond donors (Lipinski definition) is 0. The molecule has 0 bridgehead atoms. The minimum atomic E-state index is -0.321. The first-order valence-corrected chi connectivity index (χ1v) is 6.84. The van der Waals surface area contributed by atoms with Gasteiger partial charge in [-0.3, -0.25) is 0 Å². The first kappa shape index (κ1) is 13.8. The van der Waals surface area contributed by atoms with E-state index in [0.29, 0.717) is 21.7 Å². The van der Waals surface area contributed by atoms with E-state index in [1.807, 2.05) is 6.07 Å². The highest BCUT2D eigenvalue weighted by molar-refractivity contribution is 6.34. The summed E-state index contributed by atoms with van der Waals surface area (Å²) < 4.78 is 27.2. The topological polar surface area (TPSA) is 0 Å². The number of benzene rings is 3. The van der Waals surface area contributed by atoms with Gasteiger partial charge in [0.1, 0.15) is 11.6 Å². The van der Waals surface area contributed by atoms with Gasteiger partial charge in [-0.1, -0.05) is 54.1 Å². The molecule has 0 unspecified atom stereocenters. The molecule has 3 rings (SSSR count). The van der Waals surface area contributed by atoms with Gasteiger partial charge in [-0.15, -0.1) is 0 Å². The van der Waals surface area contributed by atoms with Crippen LogP contribution in [0.25, 0.3) is 22.3 Å². The van der Waals surface area contributed by atoms with Gasteiger partial charge in [0.05, 0.1) is 0 Å². The third-order valence-electron chi connectivity index (χ3n) is 3.31. The molecule has 0 aliphatic carbocycles. The van der Waals surface area contributed by atoms with Crippen molar-refractivity contribution in [1.29, 1.82) is 0 Å². The molecule has 0 amide bonds. The van der Waals surface area contributed by atoms with Crippen molar-refractivity contribution in [3.05, 3.63) is 83.4 Å². The Bertz CT molecular complexity index is 779. The monoisotopic (exact) mass is 300 g/mol. The lowest BCUT2D eigenvalue weighted by Crippen LogP contribution is -1.90. The zero-order valence-corrected chi connectivity index (χ0v) is 11.7. The average molecular weight is 301 g/mol. The molecule has 0 atom stereocenters. The SMILES string of the molecule is Fc1ccc(-c2c(Cl)cccc2-c2ccccc2F)cc1. The fraction of sp³-hybridized carbons (Fsp3) is 0. The third kappa shape index (κ3) is 2.67. The van der Waals surface area contributed by atoms with E-state index in [2.05, 4.69) is 0 Å². The molecule has 3 aromatic rings. The van der Waals surface area contributed by atoms with Crippen LogP contribution in [0.4, 0.5) is 8.78 Å². The summed E-state index contributed by atoms with van der Waals surface area (Å²) in [7, 11) is 0. The zero-order valence-electron chi connectivity index (χ0n) is 11.0. The van der Waals surface area contributed by atoms with Crippen molar-refractivity contribution < 1.29 is 8.78 Å². The van der Waals surface area contributed by atoms with Crippen molar-refractivity contribution >= 4 is 11.6 Å². The third-order valence-corrected chi connectivity index (χ3v) is 3.63. The molecule has 0 saturated heterocycles. The first-order chi connectivity index (χ1) is 10.2. The lowest BCUT2D eigenvalue weighted by atomic mass is 9.94. The molecular formula is C18H11ClF2. The minimum Gasteiger partial charge on any atom is -0.207 e. The fourth-order valence-corrected chi connectivity index (χ4v) is 2.62. The molecule has 0 spiro atoms. The fourth-order valence-electron chi connectivity index (χ4n) is 2.34. The van der Waals surface area contributed by atoms with Crippen molar-refractivity contribution in [3.8, 4) is 22.3 Å². The molecule has 3 aromatic carbocycles. The van der Waals surface area contributed by atoms with Crippen molar-refractivity contribution in [2.45, 2.75) is 0 Å². The summed E-state index contributed by atoms with van der Waals surface area (Å²) in [6.45, 7) is 0. The van der Waals surface area contributed by atoms with E-state index in [0.717, 1.165) is 5.56 Å². The van der Waals surface area contributed by atoms with Crippen LogP contribution in [-0.4, -0.2) is 0 Å².